The Hall–Kier alpha value is -1.90. The molecular weight excluding hydrogens is 463 g/mol. The highest BCUT2D eigenvalue weighted by Gasteiger charge is 2.50. The average Bonchev–Trinajstić information content (AvgIpc) is 2.59. The third-order valence-electron chi connectivity index (χ3n) is 3.81. The SMILES string of the molecule is CCOC(=O)C(CC=CCOC(C)=O)(C(=O)OCC)c1ccc(C)cc1I. The summed E-state index contributed by atoms with van der Waals surface area (Å²) < 4.78 is 16.1. The standard InChI is InChI=1S/C20H25IO6/c1-5-25-18(23)20(19(24)26-6-2,11-7-8-12-27-15(4)22)16-10-9-14(3)13-17(16)21/h7-10,13H,5-6,11-12H2,1-4H3. The molecule has 0 aliphatic rings. The lowest BCUT2D eigenvalue weighted by Crippen LogP contribution is -2.46. The second kappa shape index (κ2) is 11.1. The smallest absolute Gasteiger partial charge is 0.328 e. The average molecular weight is 488 g/mol. The zero-order chi connectivity index (χ0) is 20.4. The molecule has 0 aliphatic heterocycles. The predicted molar refractivity (Wildman–Crippen MR) is 109 cm³/mol. The first-order chi connectivity index (χ1) is 12.8. The zero-order valence-corrected chi connectivity index (χ0v) is 18.2. The number of ether oxygens (including phenoxy) is 3. The fourth-order valence-electron chi connectivity index (χ4n) is 2.55. The molecule has 6 nitrogen and oxygen atoms in total. The van der Waals surface area contributed by atoms with Crippen LogP contribution in [0.3, 0.4) is 0 Å². The van der Waals surface area contributed by atoms with Crippen LogP contribution < -0.4 is 0 Å². The van der Waals surface area contributed by atoms with Crippen LogP contribution in [0.15, 0.2) is 30.4 Å². The molecule has 0 aliphatic carbocycles. The van der Waals surface area contributed by atoms with Gasteiger partial charge in [0.1, 0.15) is 6.61 Å². The van der Waals surface area contributed by atoms with Gasteiger partial charge < -0.3 is 14.2 Å². The molecule has 7 heteroatoms. The van der Waals surface area contributed by atoms with E-state index < -0.39 is 23.3 Å². The molecule has 0 radical (unpaired) electrons. The summed E-state index contributed by atoms with van der Waals surface area (Å²) in [5.41, 5.74) is -0.0823. The number of hydrogen-bond donors (Lipinski definition) is 0. The van der Waals surface area contributed by atoms with Gasteiger partial charge in [-0.3, -0.25) is 14.4 Å². The van der Waals surface area contributed by atoms with E-state index in [1.807, 2.05) is 19.1 Å². The summed E-state index contributed by atoms with van der Waals surface area (Å²) in [5, 5.41) is 0. The molecule has 0 atom stereocenters. The van der Waals surface area contributed by atoms with Crippen molar-refractivity contribution in [1.82, 2.24) is 0 Å². The maximum absolute atomic E-state index is 12.9. The molecule has 0 spiro atoms. The Morgan fingerprint density at radius 3 is 2.11 bits per heavy atom. The molecule has 0 bridgehead atoms. The van der Waals surface area contributed by atoms with Crippen molar-refractivity contribution in [3.05, 3.63) is 45.0 Å². The molecule has 0 saturated heterocycles. The van der Waals surface area contributed by atoms with Gasteiger partial charge in [0.15, 0.2) is 5.41 Å². The lowest BCUT2D eigenvalue weighted by atomic mass is 9.77. The molecule has 0 fully saturated rings. The van der Waals surface area contributed by atoms with E-state index >= 15 is 0 Å². The van der Waals surface area contributed by atoms with Crippen molar-refractivity contribution in [2.75, 3.05) is 19.8 Å². The fourth-order valence-corrected chi connectivity index (χ4v) is 3.68. The van der Waals surface area contributed by atoms with Gasteiger partial charge in [-0.25, -0.2) is 0 Å². The molecular formula is C20H25IO6. The van der Waals surface area contributed by atoms with Crippen LogP contribution in [0.2, 0.25) is 0 Å². The number of esters is 3. The summed E-state index contributed by atoms with van der Waals surface area (Å²) in [4.78, 5) is 36.8. The third kappa shape index (κ3) is 6.05. The van der Waals surface area contributed by atoms with Gasteiger partial charge in [-0.2, -0.15) is 0 Å². The summed E-state index contributed by atoms with van der Waals surface area (Å²) in [5.74, 6) is -1.74. The molecule has 1 aromatic carbocycles. The van der Waals surface area contributed by atoms with E-state index in [9.17, 15) is 14.4 Å². The lowest BCUT2D eigenvalue weighted by Gasteiger charge is -2.29. The molecule has 0 heterocycles. The topological polar surface area (TPSA) is 78.9 Å². The van der Waals surface area contributed by atoms with Crippen LogP contribution in [0.4, 0.5) is 0 Å². The van der Waals surface area contributed by atoms with Gasteiger partial charge in [0.2, 0.25) is 0 Å². The van der Waals surface area contributed by atoms with Crippen molar-refractivity contribution in [3.8, 4) is 0 Å². The number of benzene rings is 1. The predicted octanol–water partition coefficient (Wildman–Crippen LogP) is 3.47. The minimum Gasteiger partial charge on any atom is -0.465 e. The number of hydrogen-bond acceptors (Lipinski definition) is 6. The quantitative estimate of drug-likeness (QED) is 0.174. The molecule has 0 saturated carbocycles. The first-order valence-electron chi connectivity index (χ1n) is 8.69. The second-order valence-electron chi connectivity index (χ2n) is 5.81. The monoisotopic (exact) mass is 488 g/mol. The number of aryl methyl sites for hydroxylation is 1. The Balaban J connectivity index is 3.41. The first kappa shape index (κ1) is 23.1. The van der Waals surface area contributed by atoms with Crippen molar-refractivity contribution in [3.63, 3.8) is 0 Å². The van der Waals surface area contributed by atoms with E-state index in [4.69, 9.17) is 14.2 Å². The fraction of sp³-hybridized carbons (Fsp3) is 0.450. The number of allylic oxidation sites excluding steroid dienone is 1. The number of carbonyl (C=O) groups excluding carboxylic acids is 3. The van der Waals surface area contributed by atoms with Gasteiger partial charge in [-0.05, 0) is 61.4 Å². The number of carbonyl (C=O) groups is 3. The molecule has 1 aromatic rings. The normalized spacial score (nSPS) is 11.3. The lowest BCUT2D eigenvalue weighted by molar-refractivity contribution is -0.164. The minimum atomic E-state index is -1.62. The van der Waals surface area contributed by atoms with E-state index in [1.54, 1.807) is 32.1 Å². The summed E-state index contributed by atoms with van der Waals surface area (Å²) in [6.45, 7) is 6.95. The summed E-state index contributed by atoms with van der Waals surface area (Å²) in [6, 6.07) is 5.49. The third-order valence-corrected chi connectivity index (χ3v) is 4.70. The largest absolute Gasteiger partial charge is 0.465 e. The van der Waals surface area contributed by atoms with E-state index in [2.05, 4.69) is 22.6 Å². The highest BCUT2D eigenvalue weighted by atomic mass is 127. The molecule has 0 N–H and O–H groups in total. The van der Waals surface area contributed by atoms with Crippen LogP contribution in [-0.2, 0) is 34.0 Å². The first-order valence-corrected chi connectivity index (χ1v) is 9.76. The van der Waals surface area contributed by atoms with Crippen molar-refractivity contribution >= 4 is 40.5 Å². The Bertz CT molecular complexity index is 692. The molecule has 148 valence electrons. The van der Waals surface area contributed by atoms with E-state index in [-0.39, 0.29) is 26.2 Å². The maximum atomic E-state index is 12.9. The zero-order valence-electron chi connectivity index (χ0n) is 16.0. The Morgan fingerprint density at radius 2 is 1.63 bits per heavy atom. The number of halogens is 1. The van der Waals surface area contributed by atoms with Crippen LogP contribution in [-0.4, -0.2) is 37.7 Å². The van der Waals surface area contributed by atoms with Gasteiger partial charge in [0, 0.05) is 10.5 Å². The van der Waals surface area contributed by atoms with Crippen molar-refractivity contribution in [2.24, 2.45) is 0 Å². The van der Waals surface area contributed by atoms with Crippen LogP contribution >= 0.6 is 22.6 Å². The van der Waals surface area contributed by atoms with Gasteiger partial charge in [-0.15, -0.1) is 0 Å². The second-order valence-corrected chi connectivity index (χ2v) is 6.97. The molecule has 0 amide bonds. The molecule has 0 unspecified atom stereocenters. The van der Waals surface area contributed by atoms with Gasteiger partial charge in [0.05, 0.1) is 13.2 Å². The highest BCUT2D eigenvalue weighted by Crippen LogP contribution is 2.36. The summed E-state index contributed by atoms with van der Waals surface area (Å²) in [6.07, 6.45) is 3.26. The Morgan fingerprint density at radius 1 is 1.04 bits per heavy atom. The highest BCUT2D eigenvalue weighted by molar-refractivity contribution is 14.1. The van der Waals surface area contributed by atoms with Crippen molar-refractivity contribution < 1.29 is 28.6 Å². The van der Waals surface area contributed by atoms with Gasteiger partial charge in [0.25, 0.3) is 0 Å². The van der Waals surface area contributed by atoms with Crippen LogP contribution in [0, 0.1) is 10.5 Å². The van der Waals surface area contributed by atoms with Crippen molar-refractivity contribution in [2.45, 2.75) is 39.5 Å². The summed E-state index contributed by atoms with van der Waals surface area (Å²) >= 11 is 2.10. The van der Waals surface area contributed by atoms with Crippen molar-refractivity contribution in [1.29, 1.82) is 0 Å². The van der Waals surface area contributed by atoms with E-state index in [0.29, 0.717) is 5.56 Å². The number of rotatable bonds is 9. The minimum absolute atomic E-state index is 0.0327. The molecule has 0 aromatic heterocycles. The van der Waals surface area contributed by atoms with Crippen LogP contribution in [0.5, 0.6) is 0 Å². The Labute approximate surface area is 173 Å². The maximum Gasteiger partial charge on any atom is 0.328 e. The van der Waals surface area contributed by atoms with E-state index in [1.165, 1.54) is 6.92 Å². The van der Waals surface area contributed by atoms with E-state index in [0.717, 1.165) is 9.13 Å². The molecule has 1 rings (SSSR count). The van der Waals surface area contributed by atoms with Gasteiger partial charge in [-0.1, -0.05) is 29.8 Å². The molecule has 27 heavy (non-hydrogen) atoms. The van der Waals surface area contributed by atoms with Crippen LogP contribution in [0.25, 0.3) is 0 Å². The van der Waals surface area contributed by atoms with Gasteiger partial charge >= 0.3 is 17.9 Å². The Kier molecular flexibility index (Phi) is 9.48. The van der Waals surface area contributed by atoms with Crippen LogP contribution in [0.1, 0.15) is 38.3 Å². The summed E-state index contributed by atoms with van der Waals surface area (Å²) in [7, 11) is 0.